The Morgan fingerprint density at radius 2 is 1.73 bits per heavy atom. The molecule has 0 fully saturated rings. The third-order valence-electron chi connectivity index (χ3n) is 3.96. The maximum absolute atomic E-state index is 12.7. The first-order valence-electron chi connectivity index (χ1n) is 8.22. The number of amides is 2. The van der Waals surface area contributed by atoms with Crippen LogP contribution in [0.1, 0.15) is 26.4 Å². The van der Waals surface area contributed by atoms with Crippen molar-refractivity contribution < 1.29 is 9.59 Å². The fourth-order valence-corrected chi connectivity index (χ4v) is 2.57. The van der Waals surface area contributed by atoms with Gasteiger partial charge in [0.25, 0.3) is 11.8 Å². The molecule has 26 heavy (non-hydrogen) atoms. The van der Waals surface area contributed by atoms with Crippen LogP contribution in [-0.2, 0) is 0 Å². The van der Waals surface area contributed by atoms with E-state index in [4.69, 9.17) is 0 Å². The lowest BCUT2D eigenvalue weighted by Gasteiger charge is -2.17. The van der Waals surface area contributed by atoms with Crippen molar-refractivity contribution in [3.05, 3.63) is 89.7 Å². The molecule has 0 aliphatic heterocycles. The van der Waals surface area contributed by atoms with Crippen LogP contribution in [-0.4, -0.2) is 23.8 Å². The number of aromatic nitrogens is 1. The molecule has 0 aliphatic rings. The van der Waals surface area contributed by atoms with E-state index in [0.717, 1.165) is 11.3 Å². The summed E-state index contributed by atoms with van der Waals surface area (Å²) in [6, 6.07) is 19.9. The summed E-state index contributed by atoms with van der Waals surface area (Å²) in [7, 11) is 1.70. The Balaban J connectivity index is 1.79. The van der Waals surface area contributed by atoms with Gasteiger partial charge in [0.2, 0.25) is 0 Å². The normalized spacial score (nSPS) is 10.2. The van der Waals surface area contributed by atoms with E-state index >= 15 is 0 Å². The largest absolute Gasteiger partial charge is 0.321 e. The van der Waals surface area contributed by atoms with Crippen molar-refractivity contribution in [2.45, 2.75) is 6.92 Å². The zero-order valence-corrected chi connectivity index (χ0v) is 14.6. The molecule has 0 bridgehead atoms. The highest BCUT2D eigenvalue weighted by Crippen LogP contribution is 2.16. The minimum Gasteiger partial charge on any atom is -0.321 e. The Bertz CT molecular complexity index is 939. The van der Waals surface area contributed by atoms with E-state index in [1.165, 1.54) is 17.2 Å². The van der Waals surface area contributed by atoms with E-state index in [2.05, 4.69) is 10.3 Å². The van der Waals surface area contributed by atoms with Gasteiger partial charge in [0.05, 0.1) is 0 Å². The molecule has 0 aliphatic carbocycles. The molecule has 5 heteroatoms. The number of anilines is 2. The number of carbonyl (C=O) groups excluding carboxylic acids is 2. The van der Waals surface area contributed by atoms with Crippen LogP contribution in [0.25, 0.3) is 0 Å². The highest BCUT2D eigenvalue weighted by molar-refractivity contribution is 6.08. The Morgan fingerprint density at radius 3 is 2.46 bits per heavy atom. The standard InChI is InChI=1S/C21H19N3O2/c1-15-7-6-8-17(13-15)23-20(25)19-14-16(11-12-22-19)21(26)24(2)18-9-4-3-5-10-18/h3-14H,1-2H3,(H,23,25). The molecular weight excluding hydrogens is 326 g/mol. The molecule has 0 radical (unpaired) electrons. The first-order valence-corrected chi connectivity index (χ1v) is 8.22. The maximum Gasteiger partial charge on any atom is 0.274 e. The third-order valence-corrected chi connectivity index (χ3v) is 3.96. The lowest BCUT2D eigenvalue weighted by atomic mass is 10.1. The van der Waals surface area contributed by atoms with Crippen molar-refractivity contribution in [1.82, 2.24) is 4.98 Å². The number of benzene rings is 2. The van der Waals surface area contributed by atoms with Crippen molar-refractivity contribution in [3.63, 3.8) is 0 Å². The van der Waals surface area contributed by atoms with Crippen molar-refractivity contribution in [3.8, 4) is 0 Å². The molecular formula is C21H19N3O2. The molecule has 130 valence electrons. The number of hydrogen-bond donors (Lipinski definition) is 1. The maximum atomic E-state index is 12.7. The van der Waals surface area contributed by atoms with Gasteiger partial charge in [-0.1, -0.05) is 30.3 Å². The molecule has 2 aromatic carbocycles. The zero-order valence-electron chi connectivity index (χ0n) is 14.6. The second-order valence-corrected chi connectivity index (χ2v) is 5.95. The predicted octanol–water partition coefficient (Wildman–Crippen LogP) is 3.92. The fraction of sp³-hybridized carbons (Fsp3) is 0.0952. The van der Waals surface area contributed by atoms with E-state index in [-0.39, 0.29) is 17.5 Å². The SMILES string of the molecule is Cc1cccc(NC(=O)c2cc(C(=O)N(C)c3ccccc3)ccn2)c1. The molecule has 2 amide bonds. The van der Waals surface area contributed by atoms with Crippen LogP contribution in [0.15, 0.2) is 72.9 Å². The van der Waals surface area contributed by atoms with E-state index in [1.807, 2.05) is 61.5 Å². The van der Waals surface area contributed by atoms with Crippen molar-refractivity contribution >= 4 is 23.2 Å². The number of pyridine rings is 1. The number of rotatable bonds is 4. The predicted molar refractivity (Wildman–Crippen MR) is 103 cm³/mol. The van der Waals surface area contributed by atoms with Gasteiger partial charge in [-0.05, 0) is 48.9 Å². The van der Waals surface area contributed by atoms with Crippen molar-refractivity contribution in [1.29, 1.82) is 0 Å². The zero-order chi connectivity index (χ0) is 18.5. The summed E-state index contributed by atoms with van der Waals surface area (Å²) in [6.07, 6.45) is 1.47. The van der Waals surface area contributed by atoms with E-state index in [0.29, 0.717) is 11.3 Å². The molecule has 1 aromatic heterocycles. The Morgan fingerprint density at radius 1 is 0.962 bits per heavy atom. The summed E-state index contributed by atoms with van der Waals surface area (Å²) in [4.78, 5) is 30.8. The second-order valence-electron chi connectivity index (χ2n) is 5.95. The van der Waals surface area contributed by atoms with Crippen LogP contribution in [0.2, 0.25) is 0 Å². The van der Waals surface area contributed by atoms with Gasteiger partial charge in [0.1, 0.15) is 5.69 Å². The number of aryl methyl sites for hydroxylation is 1. The lowest BCUT2D eigenvalue weighted by Crippen LogP contribution is -2.26. The summed E-state index contributed by atoms with van der Waals surface area (Å²) in [5.74, 6) is -0.559. The van der Waals surface area contributed by atoms with Gasteiger partial charge in [0, 0.05) is 30.2 Å². The Kier molecular flexibility index (Phi) is 5.08. The first-order chi connectivity index (χ1) is 12.5. The molecule has 1 heterocycles. The summed E-state index contributed by atoms with van der Waals surface area (Å²) in [5.41, 5.74) is 3.11. The number of carbonyl (C=O) groups is 2. The van der Waals surface area contributed by atoms with E-state index in [9.17, 15) is 9.59 Å². The molecule has 0 saturated heterocycles. The molecule has 0 atom stereocenters. The van der Waals surface area contributed by atoms with E-state index < -0.39 is 0 Å². The monoisotopic (exact) mass is 345 g/mol. The first kappa shape index (κ1) is 17.4. The highest BCUT2D eigenvalue weighted by Gasteiger charge is 2.16. The van der Waals surface area contributed by atoms with Gasteiger partial charge in [-0.3, -0.25) is 14.6 Å². The third kappa shape index (κ3) is 3.95. The average Bonchev–Trinajstić information content (AvgIpc) is 2.67. The summed E-state index contributed by atoms with van der Waals surface area (Å²) >= 11 is 0. The summed E-state index contributed by atoms with van der Waals surface area (Å²) < 4.78 is 0. The van der Waals surface area contributed by atoms with Gasteiger partial charge in [0.15, 0.2) is 0 Å². The number of hydrogen-bond acceptors (Lipinski definition) is 3. The number of nitrogens with one attached hydrogen (secondary N) is 1. The van der Waals surface area contributed by atoms with Crippen LogP contribution >= 0.6 is 0 Å². The van der Waals surface area contributed by atoms with Gasteiger partial charge in [-0.25, -0.2) is 0 Å². The topological polar surface area (TPSA) is 62.3 Å². The Hall–Kier alpha value is -3.47. The molecule has 3 rings (SSSR count). The van der Waals surface area contributed by atoms with Crippen molar-refractivity contribution in [2.75, 3.05) is 17.3 Å². The molecule has 5 nitrogen and oxygen atoms in total. The second kappa shape index (κ2) is 7.61. The lowest BCUT2D eigenvalue weighted by molar-refractivity contribution is 0.0993. The molecule has 1 N–H and O–H groups in total. The van der Waals surface area contributed by atoms with Crippen LogP contribution < -0.4 is 10.2 Å². The summed E-state index contributed by atoms with van der Waals surface area (Å²) in [6.45, 7) is 1.95. The van der Waals surface area contributed by atoms with Gasteiger partial charge in [-0.15, -0.1) is 0 Å². The minimum absolute atomic E-state index is 0.193. The fourth-order valence-electron chi connectivity index (χ4n) is 2.57. The van der Waals surface area contributed by atoms with Crippen molar-refractivity contribution in [2.24, 2.45) is 0 Å². The molecule has 0 saturated carbocycles. The minimum atomic E-state index is -0.354. The molecule has 3 aromatic rings. The number of para-hydroxylation sites is 1. The van der Waals surface area contributed by atoms with Gasteiger partial charge >= 0.3 is 0 Å². The average molecular weight is 345 g/mol. The smallest absolute Gasteiger partial charge is 0.274 e. The highest BCUT2D eigenvalue weighted by atomic mass is 16.2. The van der Waals surface area contributed by atoms with Crippen LogP contribution in [0, 0.1) is 6.92 Å². The Labute approximate surface area is 152 Å². The van der Waals surface area contributed by atoms with Gasteiger partial charge in [-0.2, -0.15) is 0 Å². The summed E-state index contributed by atoms with van der Waals surface area (Å²) in [5, 5.41) is 2.80. The molecule has 0 spiro atoms. The van der Waals surface area contributed by atoms with Gasteiger partial charge < -0.3 is 10.2 Å². The van der Waals surface area contributed by atoms with Crippen LogP contribution in [0.4, 0.5) is 11.4 Å². The van der Waals surface area contributed by atoms with Crippen LogP contribution in [0.3, 0.4) is 0 Å². The van der Waals surface area contributed by atoms with E-state index in [1.54, 1.807) is 13.1 Å². The van der Waals surface area contributed by atoms with Crippen LogP contribution in [0.5, 0.6) is 0 Å². The number of nitrogens with zero attached hydrogens (tertiary/aromatic N) is 2. The molecule has 0 unspecified atom stereocenters. The quantitative estimate of drug-likeness (QED) is 0.779.